The number of halogens is 2. The Labute approximate surface area is 113 Å². The molecule has 0 aromatic heterocycles. The van der Waals surface area contributed by atoms with Crippen molar-refractivity contribution in [3.8, 4) is 0 Å². The highest BCUT2D eigenvalue weighted by Gasteiger charge is 2.16. The first-order chi connectivity index (χ1) is 8.31. The second-order valence-electron chi connectivity index (χ2n) is 3.76. The largest absolute Gasteiger partial charge is 0.380 e. The van der Waals surface area contributed by atoms with Gasteiger partial charge in [0.25, 0.3) is 5.69 Å². The number of nitrogens with zero attached hydrogens (tertiary/aromatic N) is 1. The highest BCUT2D eigenvalue weighted by molar-refractivity contribution is 6.39. The molecule has 6 nitrogen and oxygen atoms in total. The lowest BCUT2D eigenvalue weighted by molar-refractivity contribution is -0.384. The Morgan fingerprint density at radius 2 is 2.00 bits per heavy atom. The van der Waals surface area contributed by atoms with Crippen molar-refractivity contribution in [2.45, 2.75) is 19.4 Å². The number of nitrogens with one attached hydrogen (secondary N) is 1. The number of primary amides is 1. The molecule has 1 atom stereocenters. The summed E-state index contributed by atoms with van der Waals surface area (Å²) in [5.74, 6) is -0.468. The molecule has 0 fully saturated rings. The Morgan fingerprint density at radius 3 is 2.39 bits per heavy atom. The van der Waals surface area contributed by atoms with Gasteiger partial charge in [-0.1, -0.05) is 23.2 Å². The number of anilines is 1. The maximum Gasteiger partial charge on any atom is 0.272 e. The molecule has 0 spiro atoms. The van der Waals surface area contributed by atoms with Crippen LogP contribution in [0.3, 0.4) is 0 Å². The van der Waals surface area contributed by atoms with Crippen molar-refractivity contribution in [1.82, 2.24) is 0 Å². The van der Waals surface area contributed by atoms with Crippen LogP contribution in [0, 0.1) is 10.1 Å². The van der Waals surface area contributed by atoms with Crippen LogP contribution in [0.1, 0.15) is 13.3 Å². The SMILES string of the molecule is CC(CC(N)=O)Nc1c(Cl)cc([N+](=O)[O-])cc1Cl. The van der Waals surface area contributed by atoms with E-state index in [0.717, 1.165) is 0 Å². The molecule has 1 rings (SSSR count). The number of carbonyl (C=O) groups excluding carboxylic acids is 1. The molecule has 18 heavy (non-hydrogen) atoms. The smallest absolute Gasteiger partial charge is 0.272 e. The van der Waals surface area contributed by atoms with Crippen LogP contribution in [0.15, 0.2) is 12.1 Å². The minimum atomic E-state index is -0.589. The highest BCUT2D eigenvalue weighted by atomic mass is 35.5. The van der Waals surface area contributed by atoms with Crippen molar-refractivity contribution in [3.05, 3.63) is 32.3 Å². The Morgan fingerprint density at radius 1 is 1.50 bits per heavy atom. The van der Waals surface area contributed by atoms with E-state index in [1.165, 1.54) is 12.1 Å². The Kier molecular flexibility index (Phi) is 4.75. The standard InChI is InChI=1S/C10H11Cl2N3O3/c1-5(2-9(13)16)14-10-7(11)3-6(15(17)18)4-8(10)12/h3-5,14H,2H2,1H3,(H2,13,16). The molecule has 0 aliphatic carbocycles. The van der Waals surface area contributed by atoms with Crippen LogP contribution < -0.4 is 11.1 Å². The maximum absolute atomic E-state index is 10.7. The van der Waals surface area contributed by atoms with Gasteiger partial charge in [0, 0.05) is 24.6 Å². The third-order valence-corrected chi connectivity index (χ3v) is 2.73. The zero-order valence-electron chi connectivity index (χ0n) is 9.44. The minimum absolute atomic E-state index is 0.101. The molecular formula is C10H11Cl2N3O3. The fourth-order valence-electron chi connectivity index (χ4n) is 1.40. The van der Waals surface area contributed by atoms with Gasteiger partial charge in [0.05, 0.1) is 20.7 Å². The third-order valence-electron chi connectivity index (χ3n) is 2.14. The molecule has 0 radical (unpaired) electrons. The van der Waals surface area contributed by atoms with Crippen LogP contribution in [0.2, 0.25) is 10.0 Å². The Bertz CT molecular complexity index is 470. The molecule has 1 aromatic carbocycles. The number of hydrogen-bond donors (Lipinski definition) is 2. The molecule has 1 unspecified atom stereocenters. The van der Waals surface area contributed by atoms with Crippen LogP contribution in [0.5, 0.6) is 0 Å². The molecule has 98 valence electrons. The maximum atomic E-state index is 10.7. The summed E-state index contributed by atoms with van der Waals surface area (Å²) in [6.45, 7) is 1.72. The summed E-state index contributed by atoms with van der Waals surface area (Å²) in [4.78, 5) is 20.7. The predicted octanol–water partition coefficient (Wildman–Crippen LogP) is 2.58. The number of hydrogen-bond acceptors (Lipinski definition) is 4. The summed E-state index contributed by atoms with van der Waals surface area (Å²) in [6.07, 6.45) is 0.101. The summed E-state index contributed by atoms with van der Waals surface area (Å²) < 4.78 is 0. The average molecular weight is 292 g/mol. The highest BCUT2D eigenvalue weighted by Crippen LogP contribution is 2.35. The molecule has 0 aliphatic heterocycles. The van der Waals surface area contributed by atoms with Gasteiger partial charge >= 0.3 is 0 Å². The van der Waals surface area contributed by atoms with Crippen molar-refractivity contribution in [2.24, 2.45) is 5.73 Å². The van der Waals surface area contributed by atoms with E-state index in [9.17, 15) is 14.9 Å². The monoisotopic (exact) mass is 291 g/mol. The van der Waals surface area contributed by atoms with Gasteiger partial charge in [0.2, 0.25) is 5.91 Å². The molecule has 8 heteroatoms. The van der Waals surface area contributed by atoms with Crippen LogP contribution in [0.25, 0.3) is 0 Å². The molecule has 1 aromatic rings. The first-order valence-electron chi connectivity index (χ1n) is 4.99. The summed E-state index contributed by atoms with van der Waals surface area (Å²) in [5.41, 5.74) is 5.20. The van der Waals surface area contributed by atoms with Crippen molar-refractivity contribution < 1.29 is 9.72 Å². The zero-order valence-corrected chi connectivity index (χ0v) is 11.0. The lowest BCUT2D eigenvalue weighted by atomic mass is 10.2. The number of nitro groups is 1. The predicted molar refractivity (Wildman–Crippen MR) is 70.0 cm³/mol. The van der Waals surface area contributed by atoms with Gasteiger partial charge in [-0.05, 0) is 6.92 Å². The van der Waals surface area contributed by atoms with E-state index in [1.807, 2.05) is 0 Å². The summed E-state index contributed by atoms with van der Waals surface area (Å²) >= 11 is 11.8. The molecule has 0 saturated carbocycles. The van der Waals surface area contributed by atoms with Crippen molar-refractivity contribution in [2.75, 3.05) is 5.32 Å². The minimum Gasteiger partial charge on any atom is -0.380 e. The van der Waals surface area contributed by atoms with Gasteiger partial charge in [0.1, 0.15) is 0 Å². The van der Waals surface area contributed by atoms with E-state index < -0.39 is 10.8 Å². The molecule has 3 N–H and O–H groups in total. The van der Waals surface area contributed by atoms with Gasteiger partial charge in [-0.25, -0.2) is 0 Å². The van der Waals surface area contributed by atoms with Crippen LogP contribution in [0.4, 0.5) is 11.4 Å². The normalized spacial score (nSPS) is 11.9. The van der Waals surface area contributed by atoms with E-state index in [1.54, 1.807) is 6.92 Å². The average Bonchev–Trinajstić information content (AvgIpc) is 2.21. The van der Waals surface area contributed by atoms with Gasteiger partial charge in [0.15, 0.2) is 0 Å². The second kappa shape index (κ2) is 5.88. The number of nitrogens with two attached hydrogens (primary N) is 1. The topological polar surface area (TPSA) is 98.3 Å². The number of nitro benzene ring substituents is 1. The molecule has 0 heterocycles. The number of carbonyl (C=O) groups is 1. The second-order valence-corrected chi connectivity index (χ2v) is 4.57. The number of amides is 1. The van der Waals surface area contributed by atoms with Crippen molar-refractivity contribution >= 4 is 40.5 Å². The number of rotatable bonds is 5. The van der Waals surface area contributed by atoms with E-state index >= 15 is 0 Å². The molecule has 0 aliphatic rings. The Hall–Kier alpha value is -1.53. The summed E-state index contributed by atoms with van der Waals surface area (Å²) in [7, 11) is 0. The fourth-order valence-corrected chi connectivity index (χ4v) is 1.99. The third kappa shape index (κ3) is 3.75. The van der Waals surface area contributed by atoms with Gasteiger partial charge in [-0.15, -0.1) is 0 Å². The van der Waals surface area contributed by atoms with Crippen molar-refractivity contribution in [1.29, 1.82) is 0 Å². The van der Waals surface area contributed by atoms with Gasteiger partial charge < -0.3 is 11.1 Å². The van der Waals surface area contributed by atoms with Crippen molar-refractivity contribution in [3.63, 3.8) is 0 Å². The van der Waals surface area contributed by atoms with E-state index in [-0.39, 0.29) is 28.2 Å². The van der Waals surface area contributed by atoms with Crippen LogP contribution >= 0.6 is 23.2 Å². The molecule has 1 amide bonds. The van der Waals surface area contributed by atoms with E-state index in [2.05, 4.69) is 5.32 Å². The molecule has 0 saturated heterocycles. The lowest BCUT2D eigenvalue weighted by Crippen LogP contribution is -2.24. The fraction of sp³-hybridized carbons (Fsp3) is 0.300. The summed E-state index contributed by atoms with van der Waals surface area (Å²) in [5, 5.41) is 13.7. The van der Waals surface area contributed by atoms with Crippen LogP contribution in [-0.4, -0.2) is 16.9 Å². The first kappa shape index (κ1) is 14.5. The lowest BCUT2D eigenvalue weighted by Gasteiger charge is -2.15. The van der Waals surface area contributed by atoms with E-state index in [4.69, 9.17) is 28.9 Å². The van der Waals surface area contributed by atoms with Crippen LogP contribution in [-0.2, 0) is 4.79 Å². The van der Waals surface area contributed by atoms with Gasteiger partial charge in [-0.2, -0.15) is 0 Å². The zero-order chi connectivity index (χ0) is 13.9. The number of non-ortho nitro benzene ring substituents is 1. The quantitative estimate of drug-likeness (QED) is 0.643. The Balaban J connectivity index is 2.96. The van der Waals surface area contributed by atoms with Gasteiger partial charge in [-0.3, -0.25) is 14.9 Å². The first-order valence-corrected chi connectivity index (χ1v) is 5.75. The number of benzene rings is 1. The molecular weight excluding hydrogens is 281 g/mol. The molecule has 0 bridgehead atoms. The van der Waals surface area contributed by atoms with E-state index in [0.29, 0.717) is 5.69 Å². The summed E-state index contributed by atoms with van der Waals surface area (Å²) in [6, 6.07) is 2.10.